The molecule has 1 N–H and O–H groups in total. The number of aromatic nitrogens is 2. The van der Waals surface area contributed by atoms with E-state index in [0.717, 1.165) is 12.1 Å². The van der Waals surface area contributed by atoms with Gasteiger partial charge in [0.05, 0.1) is 28.9 Å². The fourth-order valence-electron chi connectivity index (χ4n) is 3.89. The predicted molar refractivity (Wildman–Crippen MR) is 137 cm³/mol. The van der Waals surface area contributed by atoms with Crippen LogP contribution in [0.25, 0.3) is 16.6 Å². The van der Waals surface area contributed by atoms with Gasteiger partial charge >= 0.3 is 0 Å². The topological polar surface area (TPSA) is 82.5 Å². The number of carbonyl (C=O) groups excluding carboxylic acids is 1. The molecule has 1 aromatic heterocycles. The van der Waals surface area contributed by atoms with Crippen LogP contribution in [-0.2, 0) is 11.2 Å². The molecule has 1 unspecified atom stereocenters. The van der Waals surface area contributed by atoms with Gasteiger partial charge in [-0.1, -0.05) is 55.1 Å². The molecule has 5 rings (SSSR count). The Morgan fingerprint density at radius 1 is 1.06 bits per heavy atom. The molecule has 178 valence electrons. The lowest BCUT2D eigenvalue weighted by Gasteiger charge is -2.26. The smallest absolute Gasteiger partial charge is 0.266 e. The summed E-state index contributed by atoms with van der Waals surface area (Å²) < 4.78 is 13.2. The zero-order valence-corrected chi connectivity index (χ0v) is 20.1. The van der Waals surface area contributed by atoms with E-state index in [2.05, 4.69) is 12.2 Å². The number of aryl methyl sites for hydroxylation is 1. The number of thioether (sulfide) groups is 1. The Kier molecular flexibility index (Phi) is 6.72. The third kappa shape index (κ3) is 5.02. The van der Waals surface area contributed by atoms with E-state index in [1.54, 1.807) is 10.6 Å². The summed E-state index contributed by atoms with van der Waals surface area (Å²) in [4.78, 5) is 30.7. The van der Waals surface area contributed by atoms with Crippen LogP contribution < -0.4 is 20.3 Å². The van der Waals surface area contributed by atoms with Crippen LogP contribution in [0.15, 0.2) is 82.7 Å². The third-order valence-electron chi connectivity index (χ3n) is 5.77. The summed E-state index contributed by atoms with van der Waals surface area (Å²) in [5, 5.41) is 3.91. The standard InChI is InChI=1S/C27H25N3O4S/c1-2-18-11-13-19(14-12-18)30-26(32)21-7-3-4-8-22(21)29-27(30)35-17-25(31)28-15-20-16-33-23-9-5-6-10-24(23)34-20/h3-14,20H,2,15-17H2,1H3,(H,28,31). The Bertz CT molecular complexity index is 1420. The molecule has 4 aromatic rings. The molecule has 1 amide bonds. The van der Waals surface area contributed by atoms with E-state index in [-0.39, 0.29) is 23.3 Å². The van der Waals surface area contributed by atoms with E-state index in [1.165, 1.54) is 17.3 Å². The van der Waals surface area contributed by atoms with Gasteiger partial charge in [0.2, 0.25) is 5.91 Å². The molecule has 1 atom stereocenters. The number of nitrogens with one attached hydrogen (secondary N) is 1. The van der Waals surface area contributed by atoms with E-state index in [4.69, 9.17) is 14.5 Å². The number of amides is 1. The number of carbonyl (C=O) groups is 1. The van der Waals surface area contributed by atoms with Crippen LogP contribution in [-0.4, -0.2) is 40.5 Å². The van der Waals surface area contributed by atoms with Gasteiger partial charge in [0.15, 0.2) is 16.7 Å². The van der Waals surface area contributed by atoms with Gasteiger partial charge in [-0.05, 0) is 48.4 Å². The molecule has 7 nitrogen and oxygen atoms in total. The summed E-state index contributed by atoms with van der Waals surface area (Å²) in [7, 11) is 0. The molecule has 2 heterocycles. The first kappa shape index (κ1) is 23.0. The molecule has 1 aliphatic rings. The second-order valence-electron chi connectivity index (χ2n) is 8.16. The maximum absolute atomic E-state index is 13.4. The first-order chi connectivity index (χ1) is 17.1. The predicted octanol–water partition coefficient (Wildman–Crippen LogP) is 4.00. The highest BCUT2D eigenvalue weighted by Crippen LogP contribution is 2.30. The Labute approximate surface area is 207 Å². The van der Waals surface area contributed by atoms with Crippen LogP contribution in [0.5, 0.6) is 11.5 Å². The van der Waals surface area contributed by atoms with Crippen molar-refractivity contribution in [3.05, 3.63) is 88.7 Å². The van der Waals surface area contributed by atoms with Crippen molar-refractivity contribution in [2.45, 2.75) is 24.6 Å². The molecular formula is C27H25N3O4S. The Morgan fingerprint density at radius 2 is 1.80 bits per heavy atom. The van der Waals surface area contributed by atoms with Gasteiger partial charge in [-0.25, -0.2) is 4.98 Å². The number of benzene rings is 3. The average molecular weight is 488 g/mol. The fraction of sp³-hybridized carbons (Fsp3) is 0.222. The molecule has 0 spiro atoms. The van der Waals surface area contributed by atoms with Gasteiger partial charge in [-0.2, -0.15) is 0 Å². The summed E-state index contributed by atoms with van der Waals surface area (Å²) in [6.07, 6.45) is 0.641. The van der Waals surface area contributed by atoms with E-state index < -0.39 is 0 Å². The molecule has 0 radical (unpaired) electrons. The number of para-hydroxylation sites is 3. The van der Waals surface area contributed by atoms with Crippen LogP contribution in [0.2, 0.25) is 0 Å². The molecule has 35 heavy (non-hydrogen) atoms. The molecule has 0 fully saturated rings. The maximum atomic E-state index is 13.4. The molecule has 1 aliphatic heterocycles. The molecule has 8 heteroatoms. The van der Waals surface area contributed by atoms with Crippen molar-refractivity contribution in [1.29, 1.82) is 0 Å². The minimum Gasteiger partial charge on any atom is -0.486 e. The lowest BCUT2D eigenvalue weighted by molar-refractivity contribution is -0.119. The minimum atomic E-state index is -0.270. The van der Waals surface area contributed by atoms with E-state index >= 15 is 0 Å². The van der Waals surface area contributed by atoms with Crippen molar-refractivity contribution >= 4 is 28.6 Å². The van der Waals surface area contributed by atoms with Crippen molar-refractivity contribution in [1.82, 2.24) is 14.9 Å². The second-order valence-corrected chi connectivity index (χ2v) is 9.10. The van der Waals surface area contributed by atoms with Gasteiger partial charge in [0.1, 0.15) is 12.7 Å². The highest BCUT2D eigenvalue weighted by atomic mass is 32.2. The van der Waals surface area contributed by atoms with E-state index in [1.807, 2.05) is 66.7 Å². The quantitative estimate of drug-likeness (QED) is 0.314. The monoisotopic (exact) mass is 487 g/mol. The lowest BCUT2D eigenvalue weighted by atomic mass is 10.1. The van der Waals surface area contributed by atoms with Gasteiger partial charge in [0, 0.05) is 0 Å². The number of hydrogen-bond acceptors (Lipinski definition) is 6. The summed E-state index contributed by atoms with van der Waals surface area (Å²) >= 11 is 1.23. The van der Waals surface area contributed by atoms with Crippen molar-refractivity contribution < 1.29 is 14.3 Å². The largest absolute Gasteiger partial charge is 0.486 e. The van der Waals surface area contributed by atoms with Crippen LogP contribution in [0, 0.1) is 0 Å². The first-order valence-corrected chi connectivity index (χ1v) is 12.5. The number of rotatable bonds is 7. The Hall–Kier alpha value is -3.78. The zero-order valence-electron chi connectivity index (χ0n) is 19.3. The van der Waals surface area contributed by atoms with E-state index in [9.17, 15) is 9.59 Å². The van der Waals surface area contributed by atoms with Crippen LogP contribution >= 0.6 is 11.8 Å². The van der Waals surface area contributed by atoms with Crippen molar-refractivity contribution in [2.24, 2.45) is 0 Å². The Balaban J connectivity index is 1.31. The highest BCUT2D eigenvalue weighted by Gasteiger charge is 2.21. The van der Waals surface area contributed by atoms with Crippen LogP contribution in [0.4, 0.5) is 0 Å². The van der Waals surface area contributed by atoms with E-state index in [0.29, 0.717) is 40.7 Å². The Morgan fingerprint density at radius 3 is 2.60 bits per heavy atom. The third-order valence-corrected chi connectivity index (χ3v) is 6.71. The molecular weight excluding hydrogens is 462 g/mol. The molecule has 0 aliphatic carbocycles. The zero-order chi connectivity index (χ0) is 24.2. The fourth-order valence-corrected chi connectivity index (χ4v) is 4.73. The number of ether oxygens (including phenoxy) is 2. The van der Waals surface area contributed by atoms with Crippen molar-refractivity contribution in [3.63, 3.8) is 0 Å². The van der Waals surface area contributed by atoms with Gasteiger partial charge in [0.25, 0.3) is 5.56 Å². The first-order valence-electron chi connectivity index (χ1n) is 11.5. The second kappa shape index (κ2) is 10.2. The number of nitrogens with zero attached hydrogens (tertiary/aromatic N) is 2. The maximum Gasteiger partial charge on any atom is 0.266 e. The molecule has 3 aromatic carbocycles. The summed E-state index contributed by atoms with van der Waals surface area (Å²) in [5.74, 6) is 1.32. The molecule has 0 saturated carbocycles. The van der Waals surface area contributed by atoms with Crippen molar-refractivity contribution in [2.75, 3.05) is 18.9 Å². The number of hydrogen-bond donors (Lipinski definition) is 1. The van der Waals surface area contributed by atoms with Gasteiger partial charge in [-0.3, -0.25) is 14.2 Å². The average Bonchev–Trinajstić information content (AvgIpc) is 2.91. The number of fused-ring (bicyclic) bond motifs is 2. The highest BCUT2D eigenvalue weighted by molar-refractivity contribution is 7.99. The van der Waals surface area contributed by atoms with Crippen LogP contribution in [0.1, 0.15) is 12.5 Å². The minimum absolute atomic E-state index is 0.113. The van der Waals surface area contributed by atoms with Gasteiger partial charge < -0.3 is 14.8 Å². The van der Waals surface area contributed by atoms with Crippen LogP contribution in [0.3, 0.4) is 0 Å². The SMILES string of the molecule is CCc1ccc(-n2c(SCC(=O)NCC3COc4ccccc4O3)nc3ccccc3c2=O)cc1. The van der Waals surface area contributed by atoms with Gasteiger partial charge in [-0.15, -0.1) is 0 Å². The van der Waals surface area contributed by atoms with Crippen molar-refractivity contribution in [3.8, 4) is 17.2 Å². The normalized spacial score (nSPS) is 14.6. The summed E-state index contributed by atoms with van der Waals surface area (Å²) in [6.45, 7) is 2.77. The molecule has 0 saturated heterocycles. The summed E-state index contributed by atoms with van der Waals surface area (Å²) in [5.41, 5.74) is 2.35. The molecule has 0 bridgehead atoms. The summed E-state index contributed by atoms with van der Waals surface area (Å²) in [6, 6.07) is 22.6. The lowest BCUT2D eigenvalue weighted by Crippen LogP contribution is -2.41.